The van der Waals surface area contributed by atoms with Gasteiger partial charge in [-0.3, -0.25) is 0 Å². The Labute approximate surface area is 109 Å². The summed E-state index contributed by atoms with van der Waals surface area (Å²) in [6, 6.07) is 7.84. The van der Waals surface area contributed by atoms with Crippen molar-refractivity contribution in [3.63, 3.8) is 0 Å². The third-order valence-corrected chi connectivity index (χ3v) is 3.60. The molecule has 18 heavy (non-hydrogen) atoms. The van der Waals surface area contributed by atoms with E-state index in [2.05, 4.69) is 19.2 Å². The number of phenols is 1. The molecule has 1 fully saturated rings. The highest BCUT2D eigenvalue weighted by atomic mass is 16.5. The Hall–Kier alpha value is -1.06. The summed E-state index contributed by atoms with van der Waals surface area (Å²) in [6.07, 6.45) is 3.28. The minimum Gasteiger partial charge on any atom is -0.508 e. The van der Waals surface area contributed by atoms with E-state index in [0.29, 0.717) is 11.8 Å². The minimum absolute atomic E-state index is 0.0171. The van der Waals surface area contributed by atoms with Crippen molar-refractivity contribution in [3.8, 4) is 5.75 Å². The van der Waals surface area contributed by atoms with Crippen LogP contribution in [-0.2, 0) is 11.2 Å². The van der Waals surface area contributed by atoms with Crippen molar-refractivity contribution >= 4 is 0 Å². The van der Waals surface area contributed by atoms with Crippen molar-refractivity contribution < 1.29 is 9.84 Å². The molecule has 0 bridgehead atoms. The molecule has 1 aromatic rings. The third kappa shape index (κ3) is 3.72. The summed E-state index contributed by atoms with van der Waals surface area (Å²) in [5.41, 5.74) is 1.26. The second kappa shape index (κ2) is 5.72. The van der Waals surface area contributed by atoms with E-state index in [9.17, 15) is 5.11 Å². The van der Waals surface area contributed by atoms with Crippen LogP contribution < -0.4 is 5.32 Å². The molecule has 100 valence electrons. The molecule has 1 aliphatic rings. The van der Waals surface area contributed by atoms with E-state index in [1.807, 2.05) is 12.1 Å². The standard InChI is InChI=1S/C15H23NO2/c1-12(10-13-4-6-14(17)7-5-13)16-11-15(2)8-3-9-18-15/h4-7,12,16-17H,3,8-11H2,1-2H3. The third-order valence-electron chi connectivity index (χ3n) is 3.60. The zero-order valence-electron chi connectivity index (χ0n) is 11.3. The Morgan fingerprint density at radius 2 is 2.11 bits per heavy atom. The van der Waals surface area contributed by atoms with Gasteiger partial charge >= 0.3 is 0 Å². The lowest BCUT2D eigenvalue weighted by Crippen LogP contribution is -2.41. The fraction of sp³-hybridized carbons (Fsp3) is 0.600. The summed E-state index contributed by atoms with van der Waals surface area (Å²) >= 11 is 0. The lowest BCUT2D eigenvalue weighted by Gasteiger charge is -2.26. The van der Waals surface area contributed by atoms with Crippen molar-refractivity contribution in [2.24, 2.45) is 0 Å². The van der Waals surface area contributed by atoms with Crippen LogP contribution in [-0.4, -0.2) is 29.9 Å². The van der Waals surface area contributed by atoms with Crippen LogP contribution in [0.1, 0.15) is 32.3 Å². The highest BCUT2D eigenvalue weighted by Gasteiger charge is 2.29. The molecule has 0 saturated carbocycles. The largest absolute Gasteiger partial charge is 0.508 e. The van der Waals surface area contributed by atoms with Crippen molar-refractivity contribution in [2.45, 2.75) is 44.8 Å². The van der Waals surface area contributed by atoms with Gasteiger partial charge in [0, 0.05) is 19.2 Å². The van der Waals surface area contributed by atoms with E-state index in [4.69, 9.17) is 4.74 Å². The first kappa shape index (κ1) is 13.4. The second-order valence-corrected chi connectivity index (χ2v) is 5.55. The number of phenolic OH excluding ortho intramolecular Hbond substituents is 1. The molecule has 0 amide bonds. The lowest BCUT2D eigenvalue weighted by atomic mass is 10.0. The van der Waals surface area contributed by atoms with Gasteiger partial charge in [0.15, 0.2) is 0 Å². The molecule has 2 unspecified atom stereocenters. The van der Waals surface area contributed by atoms with Crippen LogP contribution in [0.5, 0.6) is 5.75 Å². The average Bonchev–Trinajstić information content (AvgIpc) is 2.78. The molecule has 0 aliphatic carbocycles. The van der Waals surface area contributed by atoms with E-state index in [-0.39, 0.29) is 5.60 Å². The minimum atomic E-state index is 0.0171. The molecule has 1 aromatic carbocycles. The van der Waals surface area contributed by atoms with Crippen LogP contribution in [0.15, 0.2) is 24.3 Å². The van der Waals surface area contributed by atoms with E-state index >= 15 is 0 Å². The number of nitrogens with one attached hydrogen (secondary N) is 1. The Kier molecular flexibility index (Phi) is 4.25. The van der Waals surface area contributed by atoms with Gasteiger partial charge in [0.1, 0.15) is 5.75 Å². The molecule has 0 radical (unpaired) electrons. The maximum absolute atomic E-state index is 9.24. The number of aromatic hydroxyl groups is 1. The van der Waals surface area contributed by atoms with Gasteiger partial charge < -0.3 is 15.2 Å². The molecule has 1 aliphatic heterocycles. The topological polar surface area (TPSA) is 41.5 Å². The van der Waals surface area contributed by atoms with Crippen molar-refractivity contribution in [1.29, 1.82) is 0 Å². The van der Waals surface area contributed by atoms with Crippen molar-refractivity contribution in [1.82, 2.24) is 5.32 Å². The fourth-order valence-electron chi connectivity index (χ4n) is 2.42. The zero-order chi connectivity index (χ0) is 13.0. The van der Waals surface area contributed by atoms with Crippen LogP contribution in [0.25, 0.3) is 0 Å². The predicted molar refractivity (Wildman–Crippen MR) is 72.9 cm³/mol. The predicted octanol–water partition coefficient (Wildman–Crippen LogP) is 2.48. The van der Waals surface area contributed by atoms with Gasteiger partial charge in [0.2, 0.25) is 0 Å². The van der Waals surface area contributed by atoms with Crippen molar-refractivity contribution in [3.05, 3.63) is 29.8 Å². The SMILES string of the molecule is CC(Cc1ccc(O)cc1)NCC1(C)CCCO1. The highest BCUT2D eigenvalue weighted by molar-refractivity contribution is 5.26. The zero-order valence-corrected chi connectivity index (χ0v) is 11.3. The summed E-state index contributed by atoms with van der Waals surface area (Å²) < 4.78 is 5.76. The van der Waals surface area contributed by atoms with Gasteiger partial charge in [-0.05, 0) is 50.8 Å². The Bertz CT molecular complexity index is 369. The van der Waals surface area contributed by atoms with Gasteiger partial charge in [-0.25, -0.2) is 0 Å². The van der Waals surface area contributed by atoms with E-state index in [0.717, 1.165) is 26.0 Å². The molecule has 1 heterocycles. The molecular weight excluding hydrogens is 226 g/mol. The molecule has 3 heteroatoms. The lowest BCUT2D eigenvalue weighted by molar-refractivity contribution is 0.0191. The monoisotopic (exact) mass is 249 g/mol. The van der Waals surface area contributed by atoms with E-state index in [1.54, 1.807) is 12.1 Å². The quantitative estimate of drug-likeness (QED) is 0.842. The number of hydrogen-bond donors (Lipinski definition) is 2. The first-order chi connectivity index (χ1) is 8.57. The van der Waals surface area contributed by atoms with Gasteiger partial charge in [-0.2, -0.15) is 0 Å². The number of rotatable bonds is 5. The van der Waals surface area contributed by atoms with Gasteiger partial charge in [-0.1, -0.05) is 12.1 Å². The molecule has 2 rings (SSSR count). The molecular formula is C15H23NO2. The first-order valence-corrected chi connectivity index (χ1v) is 6.73. The Morgan fingerprint density at radius 3 is 2.72 bits per heavy atom. The number of ether oxygens (including phenoxy) is 1. The van der Waals surface area contributed by atoms with Crippen LogP contribution in [0.2, 0.25) is 0 Å². The Balaban J connectivity index is 1.78. The molecule has 3 nitrogen and oxygen atoms in total. The summed E-state index contributed by atoms with van der Waals surface area (Å²) in [4.78, 5) is 0. The summed E-state index contributed by atoms with van der Waals surface area (Å²) in [5, 5.41) is 12.8. The molecule has 0 aromatic heterocycles. The smallest absolute Gasteiger partial charge is 0.115 e. The van der Waals surface area contributed by atoms with Gasteiger partial charge in [0.05, 0.1) is 5.60 Å². The van der Waals surface area contributed by atoms with Gasteiger partial charge in [0.25, 0.3) is 0 Å². The fourth-order valence-corrected chi connectivity index (χ4v) is 2.42. The van der Waals surface area contributed by atoms with Crippen LogP contribution in [0, 0.1) is 0 Å². The Morgan fingerprint density at radius 1 is 1.39 bits per heavy atom. The van der Waals surface area contributed by atoms with Crippen LogP contribution >= 0.6 is 0 Å². The molecule has 2 atom stereocenters. The maximum atomic E-state index is 9.24. The normalized spacial score (nSPS) is 25.2. The molecule has 2 N–H and O–H groups in total. The van der Waals surface area contributed by atoms with Gasteiger partial charge in [-0.15, -0.1) is 0 Å². The summed E-state index contributed by atoms with van der Waals surface area (Å²) in [6.45, 7) is 6.17. The second-order valence-electron chi connectivity index (χ2n) is 5.55. The number of hydrogen-bond acceptors (Lipinski definition) is 3. The highest BCUT2D eigenvalue weighted by Crippen LogP contribution is 2.24. The van der Waals surface area contributed by atoms with Crippen LogP contribution in [0.3, 0.4) is 0 Å². The van der Waals surface area contributed by atoms with Crippen LogP contribution in [0.4, 0.5) is 0 Å². The summed E-state index contributed by atoms with van der Waals surface area (Å²) in [5.74, 6) is 0.325. The molecule has 0 spiro atoms. The van der Waals surface area contributed by atoms with Crippen molar-refractivity contribution in [2.75, 3.05) is 13.2 Å². The van der Waals surface area contributed by atoms with E-state index < -0.39 is 0 Å². The molecule has 1 saturated heterocycles. The number of benzene rings is 1. The van der Waals surface area contributed by atoms with E-state index in [1.165, 1.54) is 12.0 Å². The summed E-state index contributed by atoms with van der Waals surface area (Å²) in [7, 11) is 0. The maximum Gasteiger partial charge on any atom is 0.115 e. The average molecular weight is 249 g/mol. The first-order valence-electron chi connectivity index (χ1n) is 6.73.